The number of hydrogen-bond donors (Lipinski definition) is 3. The minimum absolute atomic E-state index is 0.0256. The molecule has 1 unspecified atom stereocenters. The lowest BCUT2D eigenvalue weighted by molar-refractivity contribution is 0.0841. The summed E-state index contributed by atoms with van der Waals surface area (Å²) in [6.07, 6.45) is 3.93. The van der Waals surface area contributed by atoms with Crippen LogP contribution in [-0.2, 0) is 6.42 Å². The highest BCUT2D eigenvalue weighted by Crippen LogP contribution is 2.10. The van der Waals surface area contributed by atoms with E-state index in [0.29, 0.717) is 24.3 Å². The van der Waals surface area contributed by atoms with E-state index in [1.54, 1.807) is 36.8 Å². The number of H-pyrrole nitrogens is 1. The number of aliphatic hydroxyl groups excluding tert-OH is 1. The number of guanidine groups is 1. The van der Waals surface area contributed by atoms with Crippen LogP contribution >= 0.6 is 0 Å². The summed E-state index contributed by atoms with van der Waals surface area (Å²) in [5, 5.41) is 10.2. The Hall–Kier alpha value is -3.65. The number of ether oxygens (including phenoxy) is 1. The maximum absolute atomic E-state index is 13.0. The van der Waals surface area contributed by atoms with Gasteiger partial charge in [0.2, 0.25) is 0 Å². The number of nitrogens with one attached hydrogen (secondary N) is 1. The first kappa shape index (κ1) is 22.0. The number of hydrogen-bond acceptors (Lipinski definition) is 5. The summed E-state index contributed by atoms with van der Waals surface area (Å²) >= 11 is 0. The number of aromatic amines is 1. The van der Waals surface area contributed by atoms with Crippen molar-refractivity contribution >= 4 is 11.9 Å². The van der Waals surface area contributed by atoms with Crippen molar-refractivity contribution in [3.63, 3.8) is 0 Å². The Bertz CT molecular complexity index is 946. The van der Waals surface area contributed by atoms with E-state index in [4.69, 9.17) is 10.5 Å². The zero-order valence-electron chi connectivity index (χ0n) is 17.2. The highest BCUT2D eigenvalue weighted by atomic mass is 16.5. The molecule has 31 heavy (non-hydrogen) atoms. The van der Waals surface area contributed by atoms with Gasteiger partial charge in [-0.05, 0) is 37.1 Å². The van der Waals surface area contributed by atoms with Gasteiger partial charge in [0.05, 0.1) is 12.9 Å². The average molecular weight is 422 g/mol. The molecule has 0 bridgehead atoms. The standard InChI is InChI=1S/C23H27N5O3/c24-23(26-15-20(29)16-31-21-11-5-2-6-12-21)28(13-7-10-19-14-25-17-27-19)22(30)18-8-3-1-4-9-18/h1-6,8-9,11-12,14,17,20,29H,7,10,13,15-16H2,(H2,24,26)(H,25,27). The number of nitrogens with zero attached hydrogens (tertiary/aromatic N) is 3. The fourth-order valence-corrected chi connectivity index (χ4v) is 2.95. The second kappa shape index (κ2) is 11.5. The largest absolute Gasteiger partial charge is 0.491 e. The summed E-state index contributed by atoms with van der Waals surface area (Å²) < 4.78 is 5.53. The van der Waals surface area contributed by atoms with Gasteiger partial charge in [-0.25, -0.2) is 4.98 Å². The summed E-state index contributed by atoms with van der Waals surface area (Å²) in [6, 6.07) is 18.1. The third kappa shape index (κ3) is 6.97. The lowest BCUT2D eigenvalue weighted by Gasteiger charge is -2.22. The number of aromatic nitrogens is 2. The van der Waals surface area contributed by atoms with E-state index < -0.39 is 6.10 Å². The van der Waals surface area contributed by atoms with Crippen molar-refractivity contribution in [3.05, 3.63) is 84.4 Å². The number of para-hydroxylation sites is 1. The summed E-state index contributed by atoms with van der Waals surface area (Å²) in [5.41, 5.74) is 7.66. The highest BCUT2D eigenvalue weighted by Gasteiger charge is 2.19. The third-order valence-electron chi connectivity index (χ3n) is 4.57. The van der Waals surface area contributed by atoms with Gasteiger partial charge in [-0.15, -0.1) is 0 Å². The Morgan fingerprint density at radius 2 is 1.87 bits per heavy atom. The van der Waals surface area contributed by atoms with Crippen LogP contribution in [0.2, 0.25) is 0 Å². The Morgan fingerprint density at radius 1 is 1.16 bits per heavy atom. The zero-order chi connectivity index (χ0) is 21.9. The van der Waals surface area contributed by atoms with Crippen molar-refractivity contribution in [2.24, 2.45) is 10.7 Å². The van der Waals surface area contributed by atoms with Crippen molar-refractivity contribution < 1.29 is 14.6 Å². The molecule has 162 valence electrons. The molecule has 1 aromatic heterocycles. The molecule has 1 atom stereocenters. The van der Waals surface area contributed by atoms with E-state index in [0.717, 1.165) is 12.1 Å². The molecule has 0 spiro atoms. The summed E-state index contributed by atoms with van der Waals surface area (Å²) in [7, 11) is 0. The molecule has 3 aromatic rings. The molecule has 0 fully saturated rings. The fourth-order valence-electron chi connectivity index (χ4n) is 2.95. The zero-order valence-corrected chi connectivity index (χ0v) is 17.2. The average Bonchev–Trinajstić information content (AvgIpc) is 3.33. The van der Waals surface area contributed by atoms with E-state index in [9.17, 15) is 9.90 Å². The lowest BCUT2D eigenvalue weighted by Crippen LogP contribution is -2.43. The maximum atomic E-state index is 13.0. The summed E-state index contributed by atoms with van der Waals surface area (Å²) in [6.45, 7) is 0.490. The monoisotopic (exact) mass is 421 g/mol. The van der Waals surface area contributed by atoms with Crippen LogP contribution in [0.15, 0.2) is 78.2 Å². The number of imidazole rings is 1. The van der Waals surface area contributed by atoms with Crippen molar-refractivity contribution in [3.8, 4) is 5.75 Å². The number of amides is 1. The van der Waals surface area contributed by atoms with Gasteiger partial charge in [-0.3, -0.25) is 14.7 Å². The molecular formula is C23H27N5O3. The molecule has 1 heterocycles. The van der Waals surface area contributed by atoms with Crippen LogP contribution in [0, 0.1) is 0 Å². The minimum atomic E-state index is -0.850. The van der Waals surface area contributed by atoms with Crippen molar-refractivity contribution in [2.45, 2.75) is 18.9 Å². The number of aliphatic hydroxyl groups is 1. The number of carbonyl (C=O) groups excluding carboxylic acids is 1. The molecular weight excluding hydrogens is 394 g/mol. The smallest absolute Gasteiger partial charge is 0.260 e. The van der Waals surface area contributed by atoms with Crippen LogP contribution in [0.1, 0.15) is 22.5 Å². The Morgan fingerprint density at radius 3 is 2.55 bits per heavy atom. The highest BCUT2D eigenvalue weighted by molar-refractivity contribution is 6.05. The first-order valence-corrected chi connectivity index (χ1v) is 10.1. The van der Waals surface area contributed by atoms with E-state index in [2.05, 4.69) is 15.0 Å². The van der Waals surface area contributed by atoms with Crippen LogP contribution in [0.5, 0.6) is 5.75 Å². The second-order valence-corrected chi connectivity index (χ2v) is 6.98. The van der Waals surface area contributed by atoms with Gasteiger partial charge in [-0.2, -0.15) is 0 Å². The summed E-state index contributed by atoms with van der Waals surface area (Å²) in [4.78, 5) is 25.7. The molecule has 3 rings (SSSR count). The molecule has 0 aliphatic heterocycles. The predicted octanol–water partition coefficient (Wildman–Crippen LogP) is 2.24. The Balaban J connectivity index is 1.60. The predicted molar refractivity (Wildman–Crippen MR) is 119 cm³/mol. The molecule has 2 aromatic carbocycles. The third-order valence-corrected chi connectivity index (χ3v) is 4.57. The van der Waals surface area contributed by atoms with Crippen LogP contribution < -0.4 is 10.5 Å². The van der Waals surface area contributed by atoms with Crippen LogP contribution in [0.3, 0.4) is 0 Å². The quantitative estimate of drug-likeness (QED) is 0.343. The first-order valence-electron chi connectivity index (χ1n) is 10.1. The molecule has 8 heteroatoms. The van der Waals surface area contributed by atoms with Gasteiger partial charge in [0.25, 0.3) is 5.91 Å². The van der Waals surface area contributed by atoms with Gasteiger partial charge in [0.15, 0.2) is 5.96 Å². The SMILES string of the molecule is NC(=NCC(O)COc1ccccc1)N(CCCc1cnc[nH]1)C(=O)c1ccccc1. The van der Waals surface area contributed by atoms with Crippen LogP contribution in [0.4, 0.5) is 0 Å². The maximum Gasteiger partial charge on any atom is 0.260 e. The van der Waals surface area contributed by atoms with E-state index in [1.807, 2.05) is 36.4 Å². The van der Waals surface area contributed by atoms with Crippen molar-refractivity contribution in [1.29, 1.82) is 0 Å². The molecule has 0 aliphatic carbocycles. The number of rotatable bonds is 10. The van der Waals surface area contributed by atoms with Gasteiger partial charge < -0.3 is 20.6 Å². The lowest BCUT2D eigenvalue weighted by atomic mass is 10.2. The Labute approximate surface area is 181 Å². The van der Waals surface area contributed by atoms with Gasteiger partial charge in [-0.1, -0.05) is 36.4 Å². The van der Waals surface area contributed by atoms with Crippen LogP contribution in [0.25, 0.3) is 0 Å². The minimum Gasteiger partial charge on any atom is -0.491 e. The molecule has 4 N–H and O–H groups in total. The van der Waals surface area contributed by atoms with E-state index in [-0.39, 0.29) is 25.0 Å². The number of aliphatic imine (C=N–C) groups is 1. The van der Waals surface area contributed by atoms with Crippen molar-refractivity contribution in [1.82, 2.24) is 14.9 Å². The van der Waals surface area contributed by atoms with Crippen molar-refractivity contribution in [2.75, 3.05) is 19.7 Å². The first-order chi connectivity index (χ1) is 15.1. The van der Waals surface area contributed by atoms with Gasteiger partial charge in [0, 0.05) is 24.0 Å². The molecule has 0 radical (unpaired) electrons. The normalized spacial score (nSPS) is 12.4. The molecule has 0 saturated heterocycles. The molecule has 8 nitrogen and oxygen atoms in total. The number of aryl methyl sites for hydroxylation is 1. The fraction of sp³-hybridized carbons (Fsp3) is 0.261. The van der Waals surface area contributed by atoms with Crippen LogP contribution in [-0.4, -0.2) is 57.6 Å². The molecule has 1 amide bonds. The topological polar surface area (TPSA) is 117 Å². The molecule has 0 aliphatic rings. The Kier molecular flexibility index (Phi) is 8.19. The number of nitrogens with two attached hydrogens (primary N) is 1. The second-order valence-electron chi connectivity index (χ2n) is 6.98. The van der Waals surface area contributed by atoms with E-state index >= 15 is 0 Å². The number of benzene rings is 2. The van der Waals surface area contributed by atoms with E-state index in [1.165, 1.54) is 4.90 Å². The van der Waals surface area contributed by atoms with Gasteiger partial charge >= 0.3 is 0 Å². The molecule has 0 saturated carbocycles. The summed E-state index contributed by atoms with van der Waals surface area (Å²) in [5.74, 6) is 0.497. The van der Waals surface area contributed by atoms with Gasteiger partial charge in [0.1, 0.15) is 18.5 Å². The number of carbonyl (C=O) groups is 1.